The number of methoxy groups -OCH3 is 2. The van der Waals surface area contributed by atoms with Crippen molar-refractivity contribution in [3.8, 4) is 17.2 Å². The van der Waals surface area contributed by atoms with Crippen LogP contribution >= 0.6 is 0 Å². The van der Waals surface area contributed by atoms with Gasteiger partial charge in [0.1, 0.15) is 0 Å². The van der Waals surface area contributed by atoms with Gasteiger partial charge in [-0.25, -0.2) is 4.39 Å². The molecule has 1 heterocycles. The molecule has 188 valence electrons. The molecule has 2 aromatic rings. The maximum Gasteiger partial charge on any atom is 0.295 e. The number of Topliss-reactive ketones (excluding diaryl/α,β-unsaturated/α-hetero) is 1. The summed E-state index contributed by atoms with van der Waals surface area (Å²) in [7, 11) is 6.75. The summed E-state index contributed by atoms with van der Waals surface area (Å²) in [5.41, 5.74) is 0.123. The maximum absolute atomic E-state index is 14.7. The van der Waals surface area contributed by atoms with Crippen LogP contribution < -0.4 is 24.2 Å². The van der Waals surface area contributed by atoms with E-state index in [4.69, 9.17) is 14.2 Å². The highest BCUT2D eigenvalue weighted by Gasteiger charge is 2.45. The second-order valence-corrected chi connectivity index (χ2v) is 8.82. The van der Waals surface area contributed by atoms with Crippen LogP contribution in [0.1, 0.15) is 31.0 Å². The fraction of sp³-hybridized carbons (Fsp3) is 0.385. The first kappa shape index (κ1) is 26.0. The van der Waals surface area contributed by atoms with E-state index in [1.165, 1.54) is 31.3 Å². The largest absolute Gasteiger partial charge is 0.872 e. The van der Waals surface area contributed by atoms with Gasteiger partial charge in [-0.05, 0) is 37.6 Å². The van der Waals surface area contributed by atoms with Crippen LogP contribution in [0.25, 0.3) is 5.76 Å². The lowest BCUT2D eigenvalue weighted by atomic mass is 9.94. The first-order valence-corrected chi connectivity index (χ1v) is 11.3. The number of halogens is 1. The van der Waals surface area contributed by atoms with Gasteiger partial charge in [0.25, 0.3) is 5.91 Å². The maximum atomic E-state index is 14.7. The number of amides is 1. The first-order chi connectivity index (χ1) is 16.6. The smallest absolute Gasteiger partial charge is 0.295 e. The number of para-hydroxylation sites is 1. The molecule has 9 heteroatoms. The molecule has 1 aliphatic rings. The zero-order valence-electron chi connectivity index (χ0n) is 20.8. The van der Waals surface area contributed by atoms with E-state index < -0.39 is 29.3 Å². The van der Waals surface area contributed by atoms with Crippen molar-refractivity contribution in [1.29, 1.82) is 0 Å². The number of benzene rings is 2. The highest BCUT2D eigenvalue weighted by Crippen LogP contribution is 2.45. The number of ether oxygens (including phenoxy) is 3. The standard InChI is InChI=1S/C26H31FN2O6/c1-15(2)35-19-11-10-16(14-18(19)27)23(30)21-22(17-8-7-9-20(33-5)25(17)34-6)29(13-12-28(3)4)26(32)24(21)31/h7-11,14-15,22,30H,12-13H2,1-6H3. The summed E-state index contributed by atoms with van der Waals surface area (Å²) in [6.07, 6.45) is -0.258. The van der Waals surface area contributed by atoms with Gasteiger partial charge in [0.15, 0.2) is 23.1 Å². The van der Waals surface area contributed by atoms with Crippen LogP contribution in [-0.4, -0.2) is 64.1 Å². The van der Waals surface area contributed by atoms with E-state index in [1.54, 1.807) is 32.0 Å². The van der Waals surface area contributed by atoms with E-state index in [1.807, 2.05) is 14.1 Å². The van der Waals surface area contributed by atoms with E-state index in [9.17, 15) is 19.1 Å². The van der Waals surface area contributed by atoms with Crippen LogP contribution in [0.15, 0.2) is 42.0 Å². The molecule has 1 N–H and O–H groups in total. The normalized spacial score (nSPS) is 17.4. The van der Waals surface area contributed by atoms with Crippen LogP contribution in [0.5, 0.6) is 17.2 Å². The molecule has 3 rings (SSSR count). The van der Waals surface area contributed by atoms with E-state index in [0.717, 1.165) is 11.0 Å². The molecule has 0 aromatic heterocycles. The number of likely N-dealkylation sites (N-methyl/N-ethyl adjacent to an activating group) is 1. The van der Waals surface area contributed by atoms with Crippen LogP contribution in [-0.2, 0) is 9.59 Å². The number of carbonyl (C=O) groups is 2. The van der Waals surface area contributed by atoms with Gasteiger partial charge in [0.2, 0.25) is 5.78 Å². The number of hydrogen-bond donors (Lipinski definition) is 1. The molecule has 1 atom stereocenters. The quantitative estimate of drug-likeness (QED) is 0.323. The summed E-state index contributed by atoms with van der Waals surface area (Å²) >= 11 is 0. The van der Waals surface area contributed by atoms with Crippen molar-refractivity contribution in [3.05, 3.63) is 58.9 Å². The summed E-state index contributed by atoms with van der Waals surface area (Å²) in [6.45, 7) is 4.28. The van der Waals surface area contributed by atoms with Crippen LogP contribution in [0.3, 0.4) is 0 Å². The Balaban J connectivity index is 2.21. The van der Waals surface area contributed by atoms with Gasteiger partial charge in [0, 0.05) is 11.1 Å². The van der Waals surface area contributed by atoms with Crippen molar-refractivity contribution in [1.82, 2.24) is 4.90 Å². The van der Waals surface area contributed by atoms with Crippen LogP contribution in [0.4, 0.5) is 4.39 Å². The van der Waals surface area contributed by atoms with Gasteiger partial charge in [-0.3, -0.25) is 9.59 Å². The SMILES string of the molecule is COc1cccc(C2C(=C([O-])c3ccc(OC(C)C)c(F)c3)C(=O)C(=O)N2CC[NH+](C)C)c1OC. The van der Waals surface area contributed by atoms with Gasteiger partial charge >= 0.3 is 0 Å². The Bertz CT molecular complexity index is 1140. The van der Waals surface area contributed by atoms with Gasteiger partial charge in [-0.1, -0.05) is 24.0 Å². The van der Waals surface area contributed by atoms with Crippen LogP contribution in [0, 0.1) is 5.82 Å². The molecule has 1 fully saturated rings. The van der Waals surface area contributed by atoms with Crippen molar-refractivity contribution in [2.24, 2.45) is 0 Å². The molecule has 0 saturated carbocycles. The summed E-state index contributed by atoms with van der Waals surface area (Å²) in [4.78, 5) is 28.7. The molecular weight excluding hydrogens is 455 g/mol. The van der Waals surface area contributed by atoms with E-state index in [-0.39, 0.29) is 29.5 Å². The molecule has 0 aliphatic carbocycles. The van der Waals surface area contributed by atoms with Gasteiger partial charge < -0.3 is 29.1 Å². The topological polar surface area (TPSA) is 92.6 Å². The molecule has 35 heavy (non-hydrogen) atoms. The lowest BCUT2D eigenvalue weighted by Crippen LogP contribution is -3.06. The van der Waals surface area contributed by atoms with E-state index in [2.05, 4.69) is 0 Å². The lowest BCUT2D eigenvalue weighted by molar-refractivity contribution is -0.857. The molecule has 1 amide bonds. The highest BCUT2D eigenvalue weighted by atomic mass is 19.1. The Morgan fingerprint density at radius 2 is 1.83 bits per heavy atom. The first-order valence-electron chi connectivity index (χ1n) is 11.3. The predicted molar refractivity (Wildman–Crippen MR) is 126 cm³/mol. The van der Waals surface area contributed by atoms with Gasteiger partial charge in [-0.2, -0.15) is 0 Å². The minimum absolute atomic E-state index is 0.00280. The average molecular weight is 487 g/mol. The third-order valence-electron chi connectivity index (χ3n) is 5.67. The summed E-state index contributed by atoms with van der Waals surface area (Å²) in [5.74, 6) is -2.47. The summed E-state index contributed by atoms with van der Waals surface area (Å²) < 4.78 is 31.0. The van der Waals surface area contributed by atoms with Gasteiger partial charge in [-0.15, -0.1) is 0 Å². The molecule has 8 nitrogen and oxygen atoms in total. The minimum Gasteiger partial charge on any atom is -0.872 e. The number of likely N-dealkylation sites (tertiary alicyclic amines) is 1. The zero-order chi connectivity index (χ0) is 25.9. The fourth-order valence-corrected chi connectivity index (χ4v) is 4.04. The number of hydrogen-bond acceptors (Lipinski definition) is 6. The van der Waals surface area contributed by atoms with Crippen molar-refractivity contribution in [2.75, 3.05) is 41.4 Å². The second kappa shape index (κ2) is 10.8. The number of carbonyl (C=O) groups excluding carboxylic acids is 2. The number of nitrogens with one attached hydrogen (secondary N) is 1. The zero-order valence-corrected chi connectivity index (χ0v) is 20.8. The number of rotatable bonds is 9. The Morgan fingerprint density at radius 1 is 1.11 bits per heavy atom. The van der Waals surface area contributed by atoms with Gasteiger partial charge in [0.05, 0.1) is 53.6 Å². The third kappa shape index (κ3) is 5.24. The molecule has 2 aromatic carbocycles. The Labute approximate surface area is 204 Å². The molecular formula is C26H31FN2O6. The van der Waals surface area contributed by atoms with Crippen molar-refractivity contribution < 1.29 is 38.2 Å². The van der Waals surface area contributed by atoms with E-state index in [0.29, 0.717) is 23.6 Å². The highest BCUT2D eigenvalue weighted by molar-refractivity contribution is 6.46. The van der Waals surface area contributed by atoms with Crippen LogP contribution in [0.2, 0.25) is 0 Å². The van der Waals surface area contributed by atoms with Crippen molar-refractivity contribution >= 4 is 17.4 Å². The monoisotopic (exact) mass is 486 g/mol. The Hall–Kier alpha value is -3.59. The number of ketones is 1. The molecule has 1 aliphatic heterocycles. The Kier molecular flexibility index (Phi) is 8.01. The van der Waals surface area contributed by atoms with Crippen molar-refractivity contribution in [2.45, 2.75) is 26.0 Å². The summed E-state index contributed by atoms with van der Waals surface area (Å²) in [5, 5.41) is 13.6. The third-order valence-corrected chi connectivity index (χ3v) is 5.67. The van der Waals surface area contributed by atoms with E-state index >= 15 is 0 Å². The molecule has 0 radical (unpaired) electrons. The average Bonchev–Trinajstić information content (AvgIpc) is 3.07. The number of quaternary nitrogens is 1. The van der Waals surface area contributed by atoms with Crippen molar-refractivity contribution in [3.63, 3.8) is 0 Å². The lowest BCUT2D eigenvalue weighted by Gasteiger charge is -2.29. The molecule has 0 spiro atoms. The molecule has 1 unspecified atom stereocenters. The Morgan fingerprint density at radius 3 is 2.40 bits per heavy atom. The fourth-order valence-electron chi connectivity index (χ4n) is 4.04. The number of nitrogens with zero attached hydrogens (tertiary/aromatic N) is 1. The summed E-state index contributed by atoms with van der Waals surface area (Å²) in [6, 6.07) is 7.80. The predicted octanol–water partition coefficient (Wildman–Crippen LogP) is 0.999. The second-order valence-electron chi connectivity index (χ2n) is 8.82. The molecule has 1 saturated heterocycles. The molecule has 0 bridgehead atoms. The minimum atomic E-state index is -1.01.